The number of hydrogen-bond donors (Lipinski definition) is 2. The van der Waals surface area contributed by atoms with E-state index in [1.165, 1.54) is 6.42 Å². The van der Waals surface area contributed by atoms with Crippen molar-refractivity contribution >= 4 is 11.7 Å². The smallest absolute Gasteiger partial charge is 0.228 e. The van der Waals surface area contributed by atoms with Crippen molar-refractivity contribution in [3.63, 3.8) is 0 Å². The highest BCUT2D eigenvalue weighted by molar-refractivity contribution is 5.84. The van der Waals surface area contributed by atoms with Gasteiger partial charge < -0.3 is 15.8 Å². The summed E-state index contributed by atoms with van der Waals surface area (Å²) >= 11 is 0. The Kier molecular flexibility index (Phi) is 4.78. The number of oxime groups is 1. The van der Waals surface area contributed by atoms with E-state index in [0.29, 0.717) is 13.0 Å². The van der Waals surface area contributed by atoms with E-state index in [1.807, 2.05) is 0 Å². The predicted octanol–water partition coefficient (Wildman–Crippen LogP) is 1.55. The summed E-state index contributed by atoms with van der Waals surface area (Å²) in [6.07, 6.45) is 5.86. The van der Waals surface area contributed by atoms with Gasteiger partial charge in [0, 0.05) is 25.4 Å². The van der Waals surface area contributed by atoms with Gasteiger partial charge in [0.15, 0.2) is 0 Å². The number of hydrogen-bond acceptors (Lipinski definition) is 3. The van der Waals surface area contributed by atoms with Crippen molar-refractivity contribution in [2.45, 2.75) is 45.4 Å². The van der Waals surface area contributed by atoms with Gasteiger partial charge in [0.1, 0.15) is 5.84 Å². The van der Waals surface area contributed by atoms with Gasteiger partial charge in [-0.2, -0.15) is 0 Å². The Morgan fingerprint density at radius 3 is 2.53 bits per heavy atom. The van der Waals surface area contributed by atoms with Crippen LogP contribution >= 0.6 is 0 Å². The molecule has 1 amide bonds. The molecule has 0 atom stereocenters. The van der Waals surface area contributed by atoms with E-state index in [0.717, 1.165) is 25.7 Å². The van der Waals surface area contributed by atoms with Crippen LogP contribution in [0.15, 0.2) is 5.16 Å². The van der Waals surface area contributed by atoms with Crippen LogP contribution in [0.25, 0.3) is 0 Å². The Hall–Kier alpha value is -1.26. The molecule has 5 nitrogen and oxygen atoms in total. The van der Waals surface area contributed by atoms with Gasteiger partial charge in [-0.05, 0) is 12.8 Å². The second-order valence-corrected chi connectivity index (χ2v) is 5.19. The van der Waals surface area contributed by atoms with Crippen molar-refractivity contribution in [2.24, 2.45) is 16.3 Å². The van der Waals surface area contributed by atoms with Crippen LogP contribution in [0.1, 0.15) is 45.4 Å². The molecular formula is C12H23N3O2. The Morgan fingerprint density at radius 2 is 2.00 bits per heavy atom. The molecule has 1 aliphatic rings. The van der Waals surface area contributed by atoms with Crippen molar-refractivity contribution in [1.29, 1.82) is 0 Å². The Labute approximate surface area is 103 Å². The molecule has 0 unspecified atom stereocenters. The lowest BCUT2D eigenvalue weighted by Gasteiger charge is -2.35. The number of amidine groups is 1. The van der Waals surface area contributed by atoms with Crippen LogP contribution in [0.3, 0.4) is 0 Å². The SMILES string of the molecule is CN(CCC(N)=NO)C(=O)C1(C)CCCCC1. The molecule has 1 saturated carbocycles. The molecule has 3 N–H and O–H groups in total. The largest absolute Gasteiger partial charge is 0.409 e. The lowest BCUT2D eigenvalue weighted by Crippen LogP contribution is -2.42. The molecule has 0 heterocycles. The van der Waals surface area contributed by atoms with Gasteiger partial charge in [-0.3, -0.25) is 4.79 Å². The van der Waals surface area contributed by atoms with Crippen LogP contribution in [0.2, 0.25) is 0 Å². The van der Waals surface area contributed by atoms with E-state index in [9.17, 15) is 4.79 Å². The monoisotopic (exact) mass is 241 g/mol. The average molecular weight is 241 g/mol. The Morgan fingerprint density at radius 1 is 1.41 bits per heavy atom. The van der Waals surface area contributed by atoms with E-state index in [1.54, 1.807) is 11.9 Å². The molecule has 0 aliphatic heterocycles. The fourth-order valence-electron chi connectivity index (χ4n) is 2.44. The molecule has 0 aromatic carbocycles. The minimum atomic E-state index is -0.210. The van der Waals surface area contributed by atoms with Gasteiger partial charge in [-0.1, -0.05) is 31.3 Å². The first-order valence-corrected chi connectivity index (χ1v) is 6.21. The minimum Gasteiger partial charge on any atom is -0.409 e. The fraction of sp³-hybridized carbons (Fsp3) is 0.833. The molecule has 0 saturated heterocycles. The van der Waals surface area contributed by atoms with Gasteiger partial charge >= 0.3 is 0 Å². The first-order valence-electron chi connectivity index (χ1n) is 6.21. The quantitative estimate of drug-likeness (QED) is 0.339. The maximum Gasteiger partial charge on any atom is 0.228 e. The highest BCUT2D eigenvalue weighted by atomic mass is 16.4. The number of carbonyl (C=O) groups is 1. The van der Waals surface area contributed by atoms with E-state index >= 15 is 0 Å². The number of amides is 1. The summed E-state index contributed by atoms with van der Waals surface area (Å²) in [6.45, 7) is 2.55. The third-order valence-electron chi connectivity index (χ3n) is 3.65. The molecule has 5 heteroatoms. The number of rotatable bonds is 4. The minimum absolute atomic E-state index is 0.165. The summed E-state index contributed by atoms with van der Waals surface area (Å²) in [7, 11) is 1.78. The van der Waals surface area contributed by atoms with E-state index in [-0.39, 0.29) is 17.2 Å². The molecule has 98 valence electrons. The van der Waals surface area contributed by atoms with Crippen LogP contribution in [0.4, 0.5) is 0 Å². The van der Waals surface area contributed by atoms with Gasteiger partial charge in [-0.15, -0.1) is 0 Å². The molecule has 0 aromatic heterocycles. The maximum absolute atomic E-state index is 12.3. The highest BCUT2D eigenvalue weighted by Crippen LogP contribution is 2.37. The fourth-order valence-corrected chi connectivity index (χ4v) is 2.44. The lowest BCUT2D eigenvalue weighted by molar-refractivity contribution is -0.141. The molecular weight excluding hydrogens is 218 g/mol. The summed E-state index contributed by atoms with van der Waals surface area (Å²) in [5.74, 6) is 0.349. The van der Waals surface area contributed by atoms with Crippen molar-refractivity contribution < 1.29 is 10.0 Å². The lowest BCUT2D eigenvalue weighted by atomic mass is 9.74. The van der Waals surface area contributed by atoms with Crippen molar-refractivity contribution in [2.75, 3.05) is 13.6 Å². The molecule has 0 bridgehead atoms. The predicted molar refractivity (Wildman–Crippen MR) is 66.9 cm³/mol. The summed E-state index contributed by atoms with van der Waals surface area (Å²) in [4.78, 5) is 14.0. The van der Waals surface area contributed by atoms with Crippen LogP contribution in [-0.4, -0.2) is 35.4 Å². The number of carbonyl (C=O) groups excluding carboxylic acids is 1. The Balaban J connectivity index is 2.50. The zero-order valence-corrected chi connectivity index (χ0v) is 10.8. The first-order chi connectivity index (χ1) is 7.99. The number of nitrogens with two attached hydrogens (primary N) is 1. The van der Waals surface area contributed by atoms with E-state index in [2.05, 4.69) is 12.1 Å². The first kappa shape index (κ1) is 13.8. The second kappa shape index (κ2) is 5.89. The van der Waals surface area contributed by atoms with Crippen LogP contribution in [-0.2, 0) is 4.79 Å². The van der Waals surface area contributed by atoms with Crippen LogP contribution in [0, 0.1) is 5.41 Å². The van der Waals surface area contributed by atoms with Gasteiger partial charge in [0.25, 0.3) is 0 Å². The summed E-state index contributed by atoms with van der Waals surface area (Å²) in [5, 5.41) is 11.4. The molecule has 1 rings (SSSR count). The molecule has 17 heavy (non-hydrogen) atoms. The van der Waals surface area contributed by atoms with Gasteiger partial charge in [0.05, 0.1) is 0 Å². The van der Waals surface area contributed by atoms with Crippen LogP contribution in [0.5, 0.6) is 0 Å². The maximum atomic E-state index is 12.3. The normalized spacial score (nSPS) is 20.0. The van der Waals surface area contributed by atoms with Gasteiger partial charge in [-0.25, -0.2) is 0 Å². The second-order valence-electron chi connectivity index (χ2n) is 5.19. The average Bonchev–Trinajstić information content (AvgIpc) is 2.35. The summed E-state index contributed by atoms with van der Waals surface area (Å²) < 4.78 is 0. The molecule has 0 spiro atoms. The third kappa shape index (κ3) is 3.61. The molecule has 0 radical (unpaired) electrons. The summed E-state index contributed by atoms with van der Waals surface area (Å²) in [5.41, 5.74) is 5.18. The van der Waals surface area contributed by atoms with Crippen molar-refractivity contribution in [3.05, 3.63) is 0 Å². The van der Waals surface area contributed by atoms with Gasteiger partial charge in [0.2, 0.25) is 5.91 Å². The topological polar surface area (TPSA) is 78.9 Å². The van der Waals surface area contributed by atoms with E-state index < -0.39 is 0 Å². The van der Waals surface area contributed by atoms with E-state index in [4.69, 9.17) is 10.9 Å². The van der Waals surface area contributed by atoms with Crippen molar-refractivity contribution in [3.8, 4) is 0 Å². The highest BCUT2D eigenvalue weighted by Gasteiger charge is 2.36. The molecule has 1 aliphatic carbocycles. The molecule has 1 fully saturated rings. The zero-order chi connectivity index (χ0) is 12.9. The zero-order valence-electron chi connectivity index (χ0n) is 10.8. The molecule has 0 aromatic rings. The van der Waals surface area contributed by atoms with Crippen LogP contribution < -0.4 is 5.73 Å². The standard InChI is InChI=1S/C12H23N3O2/c1-12(7-4-3-5-8-12)11(16)15(2)9-6-10(13)14-17/h17H,3-9H2,1-2H3,(H2,13,14). The Bertz CT molecular complexity index is 296. The van der Waals surface area contributed by atoms with Crippen molar-refractivity contribution in [1.82, 2.24) is 4.90 Å². The third-order valence-corrected chi connectivity index (χ3v) is 3.65. The summed E-state index contributed by atoms with van der Waals surface area (Å²) in [6, 6.07) is 0. The number of nitrogens with zero attached hydrogens (tertiary/aromatic N) is 2.